The first-order valence-electron chi connectivity index (χ1n) is 7.88. The summed E-state index contributed by atoms with van der Waals surface area (Å²) in [6, 6.07) is 5.26. The molecule has 25 heavy (non-hydrogen) atoms. The number of nitrogens with zero attached hydrogens (tertiary/aromatic N) is 4. The Kier molecular flexibility index (Phi) is 4.55. The highest BCUT2D eigenvalue weighted by molar-refractivity contribution is 5.91. The zero-order chi connectivity index (χ0) is 18.0. The molecule has 0 fully saturated rings. The Balaban J connectivity index is 1.57. The Labute approximate surface area is 144 Å². The van der Waals surface area contributed by atoms with Crippen molar-refractivity contribution in [1.82, 2.24) is 19.9 Å². The summed E-state index contributed by atoms with van der Waals surface area (Å²) in [5.41, 5.74) is 1.78. The lowest BCUT2D eigenvalue weighted by Crippen LogP contribution is -2.27. The number of anilines is 2. The second-order valence-electron chi connectivity index (χ2n) is 6.09. The summed E-state index contributed by atoms with van der Waals surface area (Å²) in [5.74, 6) is 0.892. The van der Waals surface area contributed by atoms with Crippen LogP contribution in [-0.2, 0) is 17.8 Å². The molecule has 0 spiro atoms. The van der Waals surface area contributed by atoms with Crippen molar-refractivity contribution in [2.45, 2.75) is 26.0 Å². The van der Waals surface area contributed by atoms with E-state index in [0.29, 0.717) is 5.69 Å². The zero-order valence-electron chi connectivity index (χ0n) is 14.3. The Morgan fingerprint density at radius 3 is 2.92 bits per heavy atom. The second kappa shape index (κ2) is 6.80. The Hall–Kier alpha value is -3.10. The number of fused-ring (bicyclic) bond motifs is 1. The molecule has 2 aromatic rings. The lowest BCUT2D eigenvalue weighted by Gasteiger charge is -2.09. The van der Waals surface area contributed by atoms with Crippen LogP contribution in [0.4, 0.5) is 16.3 Å². The molecule has 0 saturated carbocycles. The number of nitrogens with one attached hydrogen (secondary N) is 2. The Morgan fingerprint density at radius 2 is 2.16 bits per heavy atom. The molecule has 3 amide bonds. The number of carbonyl (C=O) groups is 2. The molecule has 0 radical (unpaired) electrons. The number of aromatic nitrogens is 3. The molecule has 1 unspecified atom stereocenters. The van der Waals surface area contributed by atoms with Crippen LogP contribution in [0.5, 0.6) is 5.75 Å². The van der Waals surface area contributed by atoms with Crippen LogP contribution in [0.3, 0.4) is 0 Å². The molecule has 1 aromatic carbocycles. The van der Waals surface area contributed by atoms with E-state index < -0.39 is 0 Å². The lowest BCUT2D eigenvalue weighted by molar-refractivity contribution is -0.117. The van der Waals surface area contributed by atoms with Gasteiger partial charge in [0.05, 0.1) is 6.20 Å². The van der Waals surface area contributed by atoms with Crippen molar-refractivity contribution in [3.63, 3.8) is 0 Å². The third kappa shape index (κ3) is 4.06. The van der Waals surface area contributed by atoms with Gasteiger partial charge in [-0.15, -0.1) is 5.10 Å². The molecule has 1 aliphatic rings. The molecule has 0 aliphatic carbocycles. The maximum absolute atomic E-state index is 12.1. The van der Waals surface area contributed by atoms with Gasteiger partial charge in [-0.1, -0.05) is 0 Å². The maximum Gasteiger partial charge on any atom is 0.322 e. The largest absolute Gasteiger partial charge is 0.490 e. The van der Waals surface area contributed by atoms with Crippen LogP contribution in [-0.4, -0.2) is 52.0 Å². The van der Waals surface area contributed by atoms with Gasteiger partial charge < -0.3 is 15.0 Å². The number of carbonyl (C=O) groups excluding carboxylic acids is 2. The fourth-order valence-electron chi connectivity index (χ4n) is 2.48. The average molecular weight is 344 g/mol. The molecule has 0 saturated heterocycles. The van der Waals surface area contributed by atoms with Crippen LogP contribution >= 0.6 is 0 Å². The number of ether oxygens (including phenoxy) is 1. The molecular formula is C16H20N6O3. The third-order valence-corrected chi connectivity index (χ3v) is 3.64. The van der Waals surface area contributed by atoms with Crippen molar-refractivity contribution >= 4 is 23.4 Å². The van der Waals surface area contributed by atoms with E-state index in [4.69, 9.17) is 4.74 Å². The van der Waals surface area contributed by atoms with E-state index in [9.17, 15) is 9.59 Å². The second-order valence-corrected chi connectivity index (χ2v) is 6.09. The van der Waals surface area contributed by atoms with Crippen LogP contribution in [0.2, 0.25) is 0 Å². The highest BCUT2D eigenvalue weighted by atomic mass is 16.5. The molecular weight excluding hydrogens is 324 g/mol. The normalized spacial score (nSPS) is 15.2. The number of hydrogen-bond acceptors (Lipinski definition) is 5. The maximum atomic E-state index is 12.1. The smallest absolute Gasteiger partial charge is 0.322 e. The molecule has 9 heteroatoms. The zero-order valence-corrected chi connectivity index (χ0v) is 14.3. The summed E-state index contributed by atoms with van der Waals surface area (Å²) in [5, 5.41) is 13.4. The molecule has 9 nitrogen and oxygen atoms in total. The van der Waals surface area contributed by atoms with E-state index in [-0.39, 0.29) is 30.4 Å². The van der Waals surface area contributed by atoms with Gasteiger partial charge in [-0.3, -0.25) is 10.1 Å². The van der Waals surface area contributed by atoms with Crippen molar-refractivity contribution in [2.75, 3.05) is 24.7 Å². The van der Waals surface area contributed by atoms with Crippen LogP contribution in [0.25, 0.3) is 0 Å². The summed E-state index contributed by atoms with van der Waals surface area (Å²) < 4.78 is 5.64. The van der Waals surface area contributed by atoms with E-state index in [0.717, 1.165) is 17.7 Å². The van der Waals surface area contributed by atoms with Crippen LogP contribution < -0.4 is 15.4 Å². The quantitative estimate of drug-likeness (QED) is 0.871. The van der Waals surface area contributed by atoms with Gasteiger partial charge in [-0.2, -0.15) is 9.90 Å². The van der Waals surface area contributed by atoms with Gasteiger partial charge in [0.15, 0.2) is 5.82 Å². The number of rotatable bonds is 4. The standard InChI is InChI=1S/C16H20N6O3/c1-10-6-11-7-12(4-5-13(11)25-10)18-15(23)9-22-17-8-14(20-22)19-16(24)21(2)3/h4-5,7-8,10H,6,9H2,1-3H3,(H,18,23)(H,19,20,24). The number of urea groups is 1. The lowest BCUT2D eigenvalue weighted by atomic mass is 10.1. The first kappa shape index (κ1) is 16.7. The van der Waals surface area contributed by atoms with Crippen molar-refractivity contribution in [1.29, 1.82) is 0 Å². The molecule has 1 aromatic heterocycles. The predicted molar refractivity (Wildman–Crippen MR) is 91.6 cm³/mol. The summed E-state index contributed by atoms with van der Waals surface area (Å²) in [6.45, 7) is 1.95. The van der Waals surface area contributed by atoms with Gasteiger partial charge in [0, 0.05) is 26.2 Å². The number of amides is 3. The van der Waals surface area contributed by atoms with Crippen molar-refractivity contribution < 1.29 is 14.3 Å². The molecule has 1 atom stereocenters. The predicted octanol–water partition coefficient (Wildman–Crippen LogP) is 1.33. The van der Waals surface area contributed by atoms with Crippen LogP contribution in [0.1, 0.15) is 12.5 Å². The van der Waals surface area contributed by atoms with E-state index in [1.165, 1.54) is 15.9 Å². The minimum atomic E-state index is -0.314. The Morgan fingerprint density at radius 1 is 1.36 bits per heavy atom. The molecule has 1 aliphatic heterocycles. The van der Waals surface area contributed by atoms with E-state index >= 15 is 0 Å². The fraction of sp³-hybridized carbons (Fsp3) is 0.375. The highest BCUT2D eigenvalue weighted by Crippen LogP contribution is 2.30. The Bertz CT molecular complexity index is 801. The van der Waals surface area contributed by atoms with Crippen LogP contribution in [0.15, 0.2) is 24.4 Å². The third-order valence-electron chi connectivity index (χ3n) is 3.64. The molecule has 2 N–H and O–H groups in total. The van der Waals surface area contributed by atoms with E-state index in [1.807, 2.05) is 19.1 Å². The van der Waals surface area contributed by atoms with Gasteiger partial charge >= 0.3 is 6.03 Å². The summed E-state index contributed by atoms with van der Waals surface area (Å²) in [6.07, 6.45) is 2.38. The van der Waals surface area contributed by atoms with Gasteiger partial charge in [-0.05, 0) is 30.7 Å². The topological polar surface area (TPSA) is 101 Å². The summed E-state index contributed by atoms with van der Waals surface area (Å²) in [4.78, 5) is 26.3. The van der Waals surface area contributed by atoms with Crippen molar-refractivity contribution in [3.8, 4) is 5.75 Å². The number of hydrogen-bond donors (Lipinski definition) is 2. The van der Waals surface area contributed by atoms with Gasteiger partial charge in [-0.25, -0.2) is 4.79 Å². The molecule has 2 heterocycles. The first-order valence-corrected chi connectivity index (χ1v) is 7.88. The van der Waals surface area contributed by atoms with Crippen molar-refractivity contribution in [2.24, 2.45) is 0 Å². The SMILES string of the molecule is CC1Cc2cc(NC(=O)Cn3ncc(NC(=O)N(C)C)n3)ccc2O1. The van der Waals surface area contributed by atoms with E-state index in [1.54, 1.807) is 20.2 Å². The monoisotopic (exact) mass is 344 g/mol. The number of benzene rings is 1. The highest BCUT2D eigenvalue weighted by Gasteiger charge is 2.19. The first-order chi connectivity index (χ1) is 11.9. The summed E-state index contributed by atoms with van der Waals surface area (Å²) >= 11 is 0. The van der Waals surface area contributed by atoms with Crippen LogP contribution in [0, 0.1) is 0 Å². The fourth-order valence-corrected chi connectivity index (χ4v) is 2.48. The van der Waals surface area contributed by atoms with Crippen molar-refractivity contribution in [3.05, 3.63) is 30.0 Å². The summed E-state index contributed by atoms with van der Waals surface area (Å²) in [7, 11) is 3.24. The average Bonchev–Trinajstić information content (AvgIpc) is 3.11. The van der Waals surface area contributed by atoms with Gasteiger partial charge in [0.1, 0.15) is 18.4 Å². The minimum absolute atomic E-state index is 0.0537. The van der Waals surface area contributed by atoms with E-state index in [2.05, 4.69) is 20.8 Å². The van der Waals surface area contributed by atoms with Gasteiger partial charge in [0.2, 0.25) is 5.91 Å². The van der Waals surface area contributed by atoms with Gasteiger partial charge in [0.25, 0.3) is 0 Å². The molecule has 0 bridgehead atoms. The molecule has 132 valence electrons. The molecule has 3 rings (SSSR count). The minimum Gasteiger partial charge on any atom is -0.490 e.